The standard InChI is InChI=1S/C18H21ClN2O2S/c1-15-5-7-18(8-6-15)24(22,23)21-11-9-20(10-12-21)14-16-3-2-4-17(19)13-16/h2-8,13H,9-12,14H2,1H3. The average Bonchev–Trinajstić information content (AvgIpc) is 2.56. The van der Waals surface area contributed by atoms with Crippen LogP contribution >= 0.6 is 11.6 Å². The molecule has 1 aliphatic rings. The second kappa shape index (κ2) is 7.23. The zero-order valence-corrected chi connectivity index (χ0v) is 15.2. The summed E-state index contributed by atoms with van der Waals surface area (Å²) < 4.78 is 27.0. The third-order valence-electron chi connectivity index (χ3n) is 4.29. The van der Waals surface area contributed by atoms with Crippen molar-refractivity contribution in [1.82, 2.24) is 9.21 Å². The summed E-state index contributed by atoms with van der Waals surface area (Å²) in [7, 11) is -3.40. The first kappa shape index (κ1) is 17.4. The topological polar surface area (TPSA) is 40.6 Å². The summed E-state index contributed by atoms with van der Waals surface area (Å²) in [5, 5.41) is 0.730. The predicted octanol–water partition coefficient (Wildman–Crippen LogP) is 3.15. The molecule has 1 saturated heterocycles. The van der Waals surface area contributed by atoms with Crippen LogP contribution in [0.4, 0.5) is 0 Å². The lowest BCUT2D eigenvalue weighted by atomic mass is 10.2. The molecule has 4 nitrogen and oxygen atoms in total. The van der Waals surface area contributed by atoms with E-state index in [1.807, 2.05) is 43.3 Å². The van der Waals surface area contributed by atoms with E-state index in [1.54, 1.807) is 16.4 Å². The zero-order chi connectivity index (χ0) is 17.2. The largest absolute Gasteiger partial charge is 0.296 e. The van der Waals surface area contributed by atoms with E-state index >= 15 is 0 Å². The van der Waals surface area contributed by atoms with Crippen molar-refractivity contribution in [2.24, 2.45) is 0 Å². The number of benzene rings is 2. The minimum absolute atomic E-state index is 0.372. The summed E-state index contributed by atoms with van der Waals surface area (Å²) in [6.07, 6.45) is 0. The lowest BCUT2D eigenvalue weighted by Gasteiger charge is -2.34. The van der Waals surface area contributed by atoms with Crippen LogP contribution in [0.3, 0.4) is 0 Å². The molecule has 0 spiro atoms. The number of nitrogens with zero attached hydrogens (tertiary/aromatic N) is 2. The van der Waals surface area contributed by atoms with Gasteiger partial charge in [-0.15, -0.1) is 0 Å². The number of hydrogen-bond acceptors (Lipinski definition) is 3. The highest BCUT2D eigenvalue weighted by Crippen LogP contribution is 2.19. The molecule has 0 unspecified atom stereocenters. The van der Waals surface area contributed by atoms with E-state index in [9.17, 15) is 8.42 Å². The van der Waals surface area contributed by atoms with Gasteiger partial charge in [0, 0.05) is 37.7 Å². The smallest absolute Gasteiger partial charge is 0.243 e. The van der Waals surface area contributed by atoms with Gasteiger partial charge in [-0.1, -0.05) is 41.4 Å². The van der Waals surface area contributed by atoms with Crippen LogP contribution in [0, 0.1) is 6.92 Å². The van der Waals surface area contributed by atoms with Gasteiger partial charge >= 0.3 is 0 Å². The molecule has 0 aliphatic carbocycles. The Kier molecular flexibility index (Phi) is 5.25. The highest BCUT2D eigenvalue weighted by Gasteiger charge is 2.28. The molecular formula is C18H21ClN2O2S. The number of aryl methyl sites for hydroxylation is 1. The molecular weight excluding hydrogens is 344 g/mol. The summed E-state index contributed by atoms with van der Waals surface area (Å²) in [4.78, 5) is 2.63. The molecule has 0 aromatic heterocycles. The van der Waals surface area contributed by atoms with E-state index in [4.69, 9.17) is 11.6 Å². The molecule has 2 aromatic rings. The van der Waals surface area contributed by atoms with E-state index in [2.05, 4.69) is 4.90 Å². The summed E-state index contributed by atoms with van der Waals surface area (Å²) in [5.41, 5.74) is 2.21. The van der Waals surface area contributed by atoms with Crippen molar-refractivity contribution >= 4 is 21.6 Å². The Morgan fingerprint density at radius 3 is 2.29 bits per heavy atom. The van der Waals surface area contributed by atoms with Gasteiger partial charge in [-0.25, -0.2) is 8.42 Å². The molecule has 0 amide bonds. The molecule has 1 fully saturated rings. The van der Waals surface area contributed by atoms with Crippen molar-refractivity contribution in [3.8, 4) is 0 Å². The van der Waals surface area contributed by atoms with Gasteiger partial charge in [0.1, 0.15) is 0 Å². The lowest BCUT2D eigenvalue weighted by molar-refractivity contribution is 0.181. The van der Waals surface area contributed by atoms with Crippen molar-refractivity contribution in [3.05, 3.63) is 64.7 Å². The fraction of sp³-hybridized carbons (Fsp3) is 0.333. The second-order valence-electron chi connectivity index (χ2n) is 6.12. The normalized spacial score (nSPS) is 17.1. The van der Waals surface area contributed by atoms with E-state index in [0.29, 0.717) is 18.0 Å². The maximum Gasteiger partial charge on any atom is 0.243 e. The van der Waals surface area contributed by atoms with Gasteiger partial charge in [0.15, 0.2) is 0 Å². The predicted molar refractivity (Wildman–Crippen MR) is 96.7 cm³/mol. The minimum Gasteiger partial charge on any atom is -0.296 e. The number of hydrogen-bond donors (Lipinski definition) is 0. The quantitative estimate of drug-likeness (QED) is 0.836. The zero-order valence-electron chi connectivity index (χ0n) is 13.7. The monoisotopic (exact) mass is 364 g/mol. The van der Waals surface area contributed by atoms with Crippen molar-refractivity contribution in [1.29, 1.82) is 0 Å². The van der Waals surface area contributed by atoms with Gasteiger partial charge in [-0.3, -0.25) is 4.90 Å². The molecule has 0 atom stereocenters. The van der Waals surface area contributed by atoms with Crippen LogP contribution in [0.5, 0.6) is 0 Å². The second-order valence-corrected chi connectivity index (χ2v) is 8.50. The van der Waals surface area contributed by atoms with Crippen molar-refractivity contribution in [2.45, 2.75) is 18.4 Å². The SMILES string of the molecule is Cc1ccc(S(=O)(=O)N2CCN(Cc3cccc(Cl)c3)CC2)cc1. The molecule has 0 saturated carbocycles. The number of rotatable bonds is 4. The molecule has 1 aliphatic heterocycles. The molecule has 0 N–H and O–H groups in total. The molecule has 0 bridgehead atoms. The fourth-order valence-corrected chi connectivity index (χ4v) is 4.52. The van der Waals surface area contributed by atoms with E-state index in [1.165, 1.54) is 0 Å². The summed E-state index contributed by atoms with van der Waals surface area (Å²) >= 11 is 6.02. The molecule has 3 rings (SSSR count). The van der Waals surface area contributed by atoms with Crippen LogP contribution in [0.25, 0.3) is 0 Å². The third-order valence-corrected chi connectivity index (χ3v) is 6.43. The Hall–Kier alpha value is -1.40. The number of piperazine rings is 1. The molecule has 24 heavy (non-hydrogen) atoms. The highest BCUT2D eigenvalue weighted by atomic mass is 35.5. The van der Waals surface area contributed by atoms with Crippen LogP contribution in [0.1, 0.15) is 11.1 Å². The van der Waals surface area contributed by atoms with Crippen LogP contribution in [0.15, 0.2) is 53.4 Å². The van der Waals surface area contributed by atoms with Gasteiger partial charge in [0.2, 0.25) is 10.0 Å². The lowest BCUT2D eigenvalue weighted by Crippen LogP contribution is -2.48. The van der Waals surface area contributed by atoms with Gasteiger partial charge in [-0.05, 0) is 36.8 Å². The first-order chi connectivity index (χ1) is 11.4. The van der Waals surface area contributed by atoms with Crippen LogP contribution in [0.2, 0.25) is 5.02 Å². The van der Waals surface area contributed by atoms with Gasteiger partial charge in [0.25, 0.3) is 0 Å². The van der Waals surface area contributed by atoms with Gasteiger partial charge in [0.05, 0.1) is 4.90 Å². The van der Waals surface area contributed by atoms with Crippen LogP contribution in [-0.2, 0) is 16.6 Å². The minimum atomic E-state index is -3.40. The van der Waals surface area contributed by atoms with Crippen molar-refractivity contribution < 1.29 is 8.42 Å². The average molecular weight is 365 g/mol. The first-order valence-electron chi connectivity index (χ1n) is 7.99. The first-order valence-corrected chi connectivity index (χ1v) is 9.80. The Labute approximate surface area is 148 Å². The Balaban J connectivity index is 1.63. The third kappa shape index (κ3) is 3.98. The van der Waals surface area contributed by atoms with E-state index in [-0.39, 0.29) is 0 Å². The summed E-state index contributed by atoms with van der Waals surface area (Å²) in [5.74, 6) is 0. The molecule has 1 heterocycles. The maximum atomic E-state index is 12.7. The van der Waals surface area contributed by atoms with Crippen molar-refractivity contribution in [3.63, 3.8) is 0 Å². The number of halogens is 1. The summed E-state index contributed by atoms with van der Waals surface area (Å²) in [6.45, 7) is 5.20. The Morgan fingerprint density at radius 1 is 1.00 bits per heavy atom. The summed E-state index contributed by atoms with van der Waals surface area (Å²) in [6, 6.07) is 14.8. The van der Waals surface area contributed by atoms with Crippen LogP contribution < -0.4 is 0 Å². The van der Waals surface area contributed by atoms with Crippen molar-refractivity contribution in [2.75, 3.05) is 26.2 Å². The van der Waals surface area contributed by atoms with E-state index in [0.717, 1.165) is 35.8 Å². The molecule has 128 valence electrons. The van der Waals surface area contributed by atoms with Gasteiger partial charge < -0.3 is 0 Å². The Morgan fingerprint density at radius 2 is 1.67 bits per heavy atom. The van der Waals surface area contributed by atoms with Crippen LogP contribution in [-0.4, -0.2) is 43.8 Å². The molecule has 2 aromatic carbocycles. The fourth-order valence-electron chi connectivity index (χ4n) is 2.88. The maximum absolute atomic E-state index is 12.7. The molecule has 6 heteroatoms. The highest BCUT2D eigenvalue weighted by molar-refractivity contribution is 7.89. The van der Waals surface area contributed by atoms with E-state index < -0.39 is 10.0 Å². The Bertz CT molecular complexity index is 798. The van der Waals surface area contributed by atoms with Gasteiger partial charge in [-0.2, -0.15) is 4.31 Å². The molecule has 0 radical (unpaired) electrons. The number of sulfonamides is 1.